The first-order valence-corrected chi connectivity index (χ1v) is 15.1. The molecule has 1 atom stereocenters. The molecule has 9 nitrogen and oxygen atoms in total. The normalized spacial score (nSPS) is 19.5. The van der Waals surface area contributed by atoms with Gasteiger partial charge in [0.25, 0.3) is 15.9 Å². The molecule has 4 rings (SSSR count). The van der Waals surface area contributed by atoms with E-state index < -0.39 is 33.2 Å². The summed E-state index contributed by atoms with van der Waals surface area (Å²) in [7, 11) is -2.35. The number of hydrogen-bond donors (Lipinski definition) is 1. The molecule has 2 aliphatic rings. The summed E-state index contributed by atoms with van der Waals surface area (Å²) in [5.41, 5.74) is 0.607. The van der Waals surface area contributed by atoms with Gasteiger partial charge in [0.05, 0.1) is 18.7 Å². The Hall–Kier alpha value is -2.89. The summed E-state index contributed by atoms with van der Waals surface area (Å²) in [4.78, 5) is 29.0. The minimum absolute atomic E-state index is 0.0300. The van der Waals surface area contributed by atoms with Crippen LogP contribution in [0.1, 0.15) is 68.5 Å². The number of ether oxygens (including phenoxy) is 2. The van der Waals surface area contributed by atoms with Crippen molar-refractivity contribution < 1.29 is 27.5 Å². The number of thiophene rings is 1. The van der Waals surface area contributed by atoms with Crippen LogP contribution in [0.4, 0.5) is 4.79 Å². The molecular formula is C28H37N3O6S2. The van der Waals surface area contributed by atoms with E-state index in [4.69, 9.17) is 9.47 Å². The molecule has 0 saturated carbocycles. The summed E-state index contributed by atoms with van der Waals surface area (Å²) in [5, 5.41) is 2.90. The zero-order valence-corrected chi connectivity index (χ0v) is 25.2. The predicted octanol–water partition coefficient (Wildman–Crippen LogP) is 4.69. The molecule has 1 aromatic heterocycles. The van der Waals surface area contributed by atoms with Crippen molar-refractivity contribution in [2.45, 2.75) is 71.7 Å². The highest BCUT2D eigenvalue weighted by Gasteiger charge is 2.45. The van der Waals surface area contributed by atoms with Crippen molar-refractivity contribution >= 4 is 38.3 Å². The van der Waals surface area contributed by atoms with Crippen LogP contribution < -0.4 is 10.1 Å². The quantitative estimate of drug-likeness (QED) is 0.533. The fourth-order valence-electron chi connectivity index (χ4n) is 4.85. The lowest BCUT2D eigenvalue weighted by atomic mass is 10.00. The first-order valence-electron chi connectivity index (χ1n) is 12.9. The van der Waals surface area contributed by atoms with Gasteiger partial charge in [0.2, 0.25) is 0 Å². The lowest BCUT2D eigenvalue weighted by Gasteiger charge is -2.36. The van der Waals surface area contributed by atoms with Crippen molar-refractivity contribution in [1.82, 2.24) is 14.5 Å². The molecule has 0 saturated heterocycles. The molecule has 1 unspecified atom stereocenters. The van der Waals surface area contributed by atoms with Crippen LogP contribution in [0.25, 0.3) is 4.91 Å². The minimum Gasteiger partial charge on any atom is -0.497 e. The van der Waals surface area contributed by atoms with Crippen LogP contribution >= 0.6 is 11.3 Å². The highest BCUT2D eigenvalue weighted by molar-refractivity contribution is 7.99. The van der Waals surface area contributed by atoms with Gasteiger partial charge in [-0.1, -0.05) is 12.1 Å². The Balaban J connectivity index is 1.65. The number of carbonyl (C=O) groups is 2. The highest BCUT2D eigenvalue weighted by atomic mass is 32.2. The molecule has 0 fully saturated rings. The number of amides is 2. The number of methoxy groups -OCH3 is 1. The van der Waals surface area contributed by atoms with E-state index in [0.29, 0.717) is 18.0 Å². The monoisotopic (exact) mass is 575 g/mol. The minimum atomic E-state index is -3.98. The molecule has 0 radical (unpaired) electrons. The molecule has 2 aromatic rings. The number of alkyl carbamates (subject to hydrolysis) is 1. The SMILES string of the molecule is COc1ccc(CN2CCc3cc(C4=CC(=O)N(C(C)(C)C)S4(=O)=O)sc3C2CNC(=O)OC(C)(C)C)cc1. The van der Waals surface area contributed by atoms with Crippen LogP contribution in [0.3, 0.4) is 0 Å². The molecular weight excluding hydrogens is 538 g/mol. The highest BCUT2D eigenvalue weighted by Crippen LogP contribution is 2.43. The maximum Gasteiger partial charge on any atom is 0.407 e. The van der Waals surface area contributed by atoms with E-state index in [1.165, 1.54) is 17.4 Å². The summed E-state index contributed by atoms with van der Waals surface area (Å²) in [6, 6.07) is 9.52. The van der Waals surface area contributed by atoms with Gasteiger partial charge in [-0.2, -0.15) is 0 Å². The van der Waals surface area contributed by atoms with E-state index in [9.17, 15) is 18.0 Å². The standard InChI is InChI=1S/C28H37N3O6S2/c1-27(2,3)31-24(32)15-23(39(31,34)35)22-14-19-12-13-30(17-18-8-10-20(36-7)11-9-18)21(25(19)38-22)16-29-26(33)37-28(4,5)6/h8-11,14-15,21H,12-13,16-17H2,1-7H3,(H,29,33). The number of benzene rings is 1. The molecule has 2 aliphatic heterocycles. The molecule has 3 heterocycles. The molecule has 2 amide bonds. The zero-order valence-electron chi connectivity index (χ0n) is 23.5. The Bertz CT molecular complexity index is 1380. The second-order valence-electron chi connectivity index (χ2n) is 11.8. The molecule has 212 valence electrons. The van der Waals surface area contributed by atoms with E-state index in [2.05, 4.69) is 10.2 Å². The van der Waals surface area contributed by atoms with Crippen LogP contribution in [0.2, 0.25) is 0 Å². The molecule has 0 bridgehead atoms. The van der Waals surface area contributed by atoms with E-state index in [1.807, 2.05) is 51.1 Å². The van der Waals surface area contributed by atoms with Crippen LogP contribution in [0.15, 0.2) is 36.4 Å². The third-order valence-electron chi connectivity index (χ3n) is 6.46. The van der Waals surface area contributed by atoms with Crippen molar-refractivity contribution in [3.63, 3.8) is 0 Å². The van der Waals surface area contributed by atoms with Crippen molar-refractivity contribution in [2.75, 3.05) is 20.2 Å². The Morgan fingerprint density at radius 1 is 1.13 bits per heavy atom. The lowest BCUT2D eigenvalue weighted by molar-refractivity contribution is -0.123. The van der Waals surface area contributed by atoms with Crippen LogP contribution in [-0.2, 0) is 32.5 Å². The Morgan fingerprint density at radius 3 is 2.36 bits per heavy atom. The van der Waals surface area contributed by atoms with E-state index >= 15 is 0 Å². The van der Waals surface area contributed by atoms with E-state index in [0.717, 1.165) is 32.5 Å². The summed E-state index contributed by atoms with van der Waals surface area (Å²) in [6.45, 7) is 12.2. The smallest absolute Gasteiger partial charge is 0.407 e. The van der Waals surface area contributed by atoms with Crippen LogP contribution in [-0.4, -0.2) is 61.0 Å². The summed E-state index contributed by atoms with van der Waals surface area (Å²) < 4.78 is 38.5. The number of carbonyl (C=O) groups excluding carboxylic acids is 2. The third kappa shape index (κ3) is 6.31. The first kappa shape index (κ1) is 29.1. The van der Waals surface area contributed by atoms with Crippen molar-refractivity contribution in [3.05, 3.63) is 57.3 Å². The summed E-state index contributed by atoms with van der Waals surface area (Å²) in [5.74, 6) is 0.240. The first-order chi connectivity index (χ1) is 18.1. The van der Waals surface area contributed by atoms with Crippen molar-refractivity contribution in [2.24, 2.45) is 0 Å². The second kappa shape index (κ2) is 10.6. The van der Waals surface area contributed by atoms with E-state index in [1.54, 1.807) is 27.9 Å². The molecule has 1 aromatic carbocycles. The average molecular weight is 576 g/mol. The Morgan fingerprint density at radius 2 is 1.79 bits per heavy atom. The maximum absolute atomic E-state index is 13.4. The molecule has 0 spiro atoms. The summed E-state index contributed by atoms with van der Waals surface area (Å²) >= 11 is 1.36. The van der Waals surface area contributed by atoms with E-state index in [-0.39, 0.29) is 17.5 Å². The average Bonchev–Trinajstić information content (AvgIpc) is 3.34. The number of sulfonamides is 1. The van der Waals surface area contributed by atoms with Crippen molar-refractivity contribution in [1.29, 1.82) is 0 Å². The third-order valence-corrected chi connectivity index (χ3v) is 10.0. The van der Waals surface area contributed by atoms with Gasteiger partial charge in [0.1, 0.15) is 16.3 Å². The molecule has 39 heavy (non-hydrogen) atoms. The summed E-state index contributed by atoms with van der Waals surface area (Å²) in [6.07, 6.45) is 1.43. The molecule has 11 heteroatoms. The molecule has 0 aliphatic carbocycles. The Kier molecular flexibility index (Phi) is 7.90. The lowest BCUT2D eigenvalue weighted by Crippen LogP contribution is -2.45. The largest absolute Gasteiger partial charge is 0.497 e. The van der Waals surface area contributed by atoms with Gasteiger partial charge in [0, 0.05) is 35.5 Å². The number of fused-ring (bicyclic) bond motifs is 1. The Labute approximate surface area is 234 Å². The maximum atomic E-state index is 13.4. The van der Waals surface area contributed by atoms with Gasteiger partial charge in [0.15, 0.2) is 0 Å². The number of nitrogens with zero attached hydrogens (tertiary/aromatic N) is 2. The number of rotatable bonds is 6. The van der Waals surface area contributed by atoms with Gasteiger partial charge in [-0.25, -0.2) is 17.5 Å². The van der Waals surface area contributed by atoms with Crippen LogP contribution in [0, 0.1) is 0 Å². The fourth-order valence-corrected chi connectivity index (χ4v) is 8.32. The van der Waals surface area contributed by atoms with Gasteiger partial charge in [-0.3, -0.25) is 9.69 Å². The number of nitrogens with one attached hydrogen (secondary N) is 1. The second-order valence-corrected chi connectivity index (χ2v) is 14.6. The molecule has 1 N–H and O–H groups in total. The predicted molar refractivity (Wildman–Crippen MR) is 152 cm³/mol. The van der Waals surface area contributed by atoms with Gasteiger partial charge >= 0.3 is 6.09 Å². The topological polar surface area (TPSA) is 105 Å². The van der Waals surface area contributed by atoms with Gasteiger partial charge in [-0.15, -0.1) is 11.3 Å². The van der Waals surface area contributed by atoms with Gasteiger partial charge < -0.3 is 14.8 Å². The fraction of sp³-hybridized carbons (Fsp3) is 0.500. The van der Waals surface area contributed by atoms with Gasteiger partial charge in [-0.05, 0) is 77.3 Å². The number of hydrogen-bond acceptors (Lipinski definition) is 8. The van der Waals surface area contributed by atoms with Crippen molar-refractivity contribution in [3.8, 4) is 5.75 Å². The van der Waals surface area contributed by atoms with Crippen LogP contribution in [0.5, 0.6) is 5.75 Å². The zero-order chi connectivity index (χ0) is 28.8.